The van der Waals surface area contributed by atoms with E-state index in [-0.39, 0.29) is 0 Å². The van der Waals surface area contributed by atoms with Crippen LogP contribution in [0.25, 0.3) is 77.3 Å². The highest BCUT2D eigenvalue weighted by molar-refractivity contribution is 6.21. The number of aromatic nitrogens is 1. The summed E-state index contributed by atoms with van der Waals surface area (Å²) in [5.74, 6) is 0. The summed E-state index contributed by atoms with van der Waals surface area (Å²) < 4.78 is 0. The van der Waals surface area contributed by atoms with Gasteiger partial charge in [0.15, 0.2) is 0 Å². The van der Waals surface area contributed by atoms with Crippen molar-refractivity contribution in [2.75, 3.05) is 9.80 Å². The highest BCUT2D eigenvalue weighted by atomic mass is 15.2. The van der Waals surface area contributed by atoms with Crippen molar-refractivity contribution in [3.8, 4) is 55.8 Å². The van der Waals surface area contributed by atoms with Gasteiger partial charge in [0.1, 0.15) is 0 Å². The minimum atomic E-state index is -0.526. The topological polar surface area (TPSA) is 19.4 Å². The molecule has 0 fully saturated rings. The number of para-hydroxylation sites is 6. The van der Waals surface area contributed by atoms with E-state index in [4.69, 9.17) is 4.98 Å². The molecule has 84 heavy (non-hydrogen) atoms. The summed E-state index contributed by atoms with van der Waals surface area (Å²) in [6, 6.07) is 113. The summed E-state index contributed by atoms with van der Waals surface area (Å²) in [7, 11) is 0. The second-order valence-electron chi connectivity index (χ2n) is 22.8. The Labute approximate surface area is 488 Å². The predicted octanol–water partition coefficient (Wildman–Crippen LogP) is 20.7. The van der Waals surface area contributed by atoms with Crippen molar-refractivity contribution < 1.29 is 0 Å². The van der Waals surface area contributed by atoms with Gasteiger partial charge in [-0.3, -0.25) is 4.98 Å². The van der Waals surface area contributed by atoms with Crippen molar-refractivity contribution in [1.29, 1.82) is 0 Å². The number of fused-ring (bicyclic) bond motifs is 20. The van der Waals surface area contributed by atoms with Crippen molar-refractivity contribution in [1.82, 2.24) is 4.98 Å². The number of hydrogen-bond acceptors (Lipinski definition) is 3. The van der Waals surface area contributed by atoms with E-state index in [1.165, 1.54) is 128 Å². The van der Waals surface area contributed by atoms with Gasteiger partial charge < -0.3 is 9.80 Å². The van der Waals surface area contributed by atoms with E-state index in [9.17, 15) is 0 Å². The van der Waals surface area contributed by atoms with Crippen LogP contribution in [0.15, 0.2) is 310 Å². The van der Waals surface area contributed by atoms with Crippen molar-refractivity contribution in [2.24, 2.45) is 0 Å². The lowest BCUT2D eigenvalue weighted by Gasteiger charge is -2.45. The molecule has 0 saturated carbocycles. The maximum Gasteiger partial charge on any atom is 0.0754 e. The second kappa shape index (κ2) is 17.8. The van der Waals surface area contributed by atoms with Crippen LogP contribution in [-0.4, -0.2) is 4.98 Å². The fourth-order valence-corrected chi connectivity index (χ4v) is 15.7. The molecule has 18 rings (SSSR count). The van der Waals surface area contributed by atoms with Crippen LogP contribution < -0.4 is 9.80 Å². The second-order valence-corrected chi connectivity index (χ2v) is 22.8. The van der Waals surface area contributed by atoms with Gasteiger partial charge in [-0.1, -0.05) is 237 Å². The zero-order chi connectivity index (χ0) is 55.1. The van der Waals surface area contributed by atoms with E-state index in [1.54, 1.807) is 0 Å². The van der Waals surface area contributed by atoms with Gasteiger partial charge in [-0.05, 0) is 172 Å². The van der Waals surface area contributed by atoms with Gasteiger partial charge in [-0.15, -0.1) is 0 Å². The van der Waals surface area contributed by atoms with Crippen LogP contribution in [0.3, 0.4) is 0 Å². The molecule has 14 aromatic rings. The average Bonchev–Trinajstić information content (AvgIpc) is 1.65. The molecule has 0 unspecified atom stereocenters. The fourth-order valence-electron chi connectivity index (χ4n) is 15.7. The molecule has 390 valence electrons. The third kappa shape index (κ3) is 6.22. The molecule has 2 aliphatic carbocycles. The molecule has 0 saturated heterocycles. The molecule has 2 spiro atoms. The molecule has 0 N–H and O–H groups in total. The zero-order valence-corrected chi connectivity index (χ0v) is 45.8. The summed E-state index contributed by atoms with van der Waals surface area (Å²) >= 11 is 0. The first-order chi connectivity index (χ1) is 41.7. The smallest absolute Gasteiger partial charge is 0.0754 e. The largest absolute Gasteiger partial charge is 0.310 e. The van der Waals surface area contributed by atoms with Crippen molar-refractivity contribution in [2.45, 2.75) is 10.8 Å². The Kier molecular flexibility index (Phi) is 9.93. The SMILES string of the molecule is c1ccc(N2c3ccccc3C3(c4ccccc4-c4cc(-c5ccc(-c6c7ccccc7c(-c7ccc8c(c7)-c7ccccc7C87c8ccccc8N(c8ccccc8)c8ccccc87)c7ccccc67)cn5)ccc43)c3ccccc32)cc1. The molecule has 0 radical (unpaired) electrons. The minimum absolute atomic E-state index is 0.514. The number of rotatable bonds is 5. The van der Waals surface area contributed by atoms with Crippen LogP contribution in [0.5, 0.6) is 0 Å². The molecule has 0 bridgehead atoms. The summed E-state index contributed by atoms with van der Waals surface area (Å²) in [4.78, 5) is 10.3. The van der Waals surface area contributed by atoms with Gasteiger partial charge in [0.25, 0.3) is 0 Å². The van der Waals surface area contributed by atoms with Gasteiger partial charge in [0.05, 0.1) is 39.3 Å². The first-order valence-electron chi connectivity index (χ1n) is 29.2. The standard InChI is InChI=1S/C81H51N3/c1-3-23-55(24-4-1)83-74-39-19-15-35-69(74)80(70-36-16-20-40-75(70)83)65-33-13-11-27-57(65)63-49-52(43-46-67(63)80)73-48-45-54(51-82-73)79-61-31-9-7-29-59(61)78(60-30-8-10-32-62(60)79)53-44-47-68-64(50-53)58-28-12-14-34-66(58)81(68)71-37-17-21-41-76(71)84(56-25-5-2-6-26-56)77-42-22-18-38-72(77)81/h1-51H. The van der Waals surface area contributed by atoms with E-state index in [0.29, 0.717) is 0 Å². The van der Waals surface area contributed by atoms with E-state index in [2.05, 4.69) is 319 Å². The molecule has 4 aliphatic rings. The first kappa shape index (κ1) is 46.8. The molecular weight excluding hydrogens is 1010 g/mol. The minimum Gasteiger partial charge on any atom is -0.310 e. The number of benzene rings is 13. The first-order valence-corrected chi connectivity index (χ1v) is 29.2. The number of hydrogen-bond donors (Lipinski definition) is 0. The molecule has 3 heterocycles. The van der Waals surface area contributed by atoms with Gasteiger partial charge in [-0.2, -0.15) is 0 Å². The lowest BCUT2D eigenvalue weighted by atomic mass is 9.64. The Morgan fingerprint density at radius 1 is 0.238 bits per heavy atom. The van der Waals surface area contributed by atoms with Crippen molar-refractivity contribution in [3.05, 3.63) is 354 Å². The Morgan fingerprint density at radius 2 is 0.560 bits per heavy atom. The summed E-state index contributed by atoms with van der Waals surface area (Å²) in [5.41, 5.74) is 28.2. The molecular formula is C81H51N3. The molecule has 1 aromatic heterocycles. The Bertz CT molecular complexity index is 4890. The van der Waals surface area contributed by atoms with E-state index in [1.807, 2.05) is 0 Å². The van der Waals surface area contributed by atoms with Crippen LogP contribution in [0.2, 0.25) is 0 Å². The lowest BCUT2D eigenvalue weighted by Crippen LogP contribution is -2.36. The van der Waals surface area contributed by atoms with Crippen LogP contribution in [0.4, 0.5) is 34.1 Å². The quantitative estimate of drug-likeness (QED) is 0.160. The molecule has 0 atom stereocenters. The monoisotopic (exact) mass is 1070 g/mol. The molecule has 3 heteroatoms. The summed E-state index contributed by atoms with van der Waals surface area (Å²) in [6.45, 7) is 0. The van der Waals surface area contributed by atoms with E-state index in [0.717, 1.165) is 28.2 Å². The maximum atomic E-state index is 5.37. The van der Waals surface area contributed by atoms with Crippen molar-refractivity contribution in [3.63, 3.8) is 0 Å². The number of nitrogens with zero attached hydrogens (tertiary/aromatic N) is 3. The normalized spacial score (nSPS) is 14.1. The van der Waals surface area contributed by atoms with Crippen LogP contribution in [0, 0.1) is 0 Å². The van der Waals surface area contributed by atoms with Crippen LogP contribution in [-0.2, 0) is 10.8 Å². The number of anilines is 6. The maximum absolute atomic E-state index is 5.37. The third-order valence-corrected chi connectivity index (χ3v) is 18.9. The third-order valence-electron chi connectivity index (χ3n) is 18.9. The van der Waals surface area contributed by atoms with E-state index < -0.39 is 10.8 Å². The Morgan fingerprint density at radius 3 is 0.976 bits per heavy atom. The highest BCUT2D eigenvalue weighted by Gasteiger charge is 2.53. The van der Waals surface area contributed by atoms with Gasteiger partial charge >= 0.3 is 0 Å². The van der Waals surface area contributed by atoms with Crippen LogP contribution in [0.1, 0.15) is 44.5 Å². The van der Waals surface area contributed by atoms with Gasteiger partial charge in [0, 0.05) is 28.7 Å². The van der Waals surface area contributed by atoms with Crippen molar-refractivity contribution >= 4 is 55.7 Å². The Balaban J connectivity index is 0.764. The van der Waals surface area contributed by atoms with Gasteiger partial charge in [-0.25, -0.2) is 0 Å². The zero-order valence-electron chi connectivity index (χ0n) is 45.8. The highest BCUT2D eigenvalue weighted by Crippen LogP contribution is 2.66. The average molecular weight is 1070 g/mol. The van der Waals surface area contributed by atoms with Gasteiger partial charge in [0.2, 0.25) is 0 Å². The Hall–Kier alpha value is -10.9. The van der Waals surface area contributed by atoms with E-state index >= 15 is 0 Å². The summed E-state index contributed by atoms with van der Waals surface area (Å²) in [5, 5.41) is 4.83. The van der Waals surface area contributed by atoms with Crippen LogP contribution >= 0.6 is 0 Å². The lowest BCUT2D eigenvalue weighted by molar-refractivity contribution is 0.752. The molecule has 0 amide bonds. The predicted molar refractivity (Wildman–Crippen MR) is 347 cm³/mol. The molecule has 13 aromatic carbocycles. The molecule has 2 aliphatic heterocycles. The summed E-state index contributed by atoms with van der Waals surface area (Å²) in [6.07, 6.45) is 2.10. The fraction of sp³-hybridized carbons (Fsp3) is 0.0247. The number of pyridine rings is 1. The molecule has 3 nitrogen and oxygen atoms in total.